The molecule has 0 bridgehead atoms. The number of hydrogen-bond acceptors (Lipinski definition) is 4. The van der Waals surface area contributed by atoms with Crippen LogP contribution in [0.1, 0.15) is 11.4 Å². The third kappa shape index (κ3) is 2.93. The Labute approximate surface area is 104 Å². The van der Waals surface area contributed by atoms with Gasteiger partial charge in [0.05, 0.1) is 30.4 Å². The molecule has 4 nitrogen and oxygen atoms in total. The molecule has 0 unspecified atom stereocenters. The summed E-state index contributed by atoms with van der Waals surface area (Å²) in [6.45, 7) is 1.79. The number of quaternary nitrogens is 1. The highest BCUT2D eigenvalue weighted by Crippen LogP contribution is 2.25. The summed E-state index contributed by atoms with van der Waals surface area (Å²) in [6.07, 6.45) is 1.03. The Hall–Kier alpha value is -1.64. The van der Waals surface area contributed by atoms with E-state index in [4.69, 9.17) is 10.00 Å². The predicted octanol–water partition coefficient (Wildman–Crippen LogP) is 1.13. The van der Waals surface area contributed by atoms with Crippen molar-refractivity contribution in [2.45, 2.75) is 6.42 Å². The van der Waals surface area contributed by atoms with Crippen LogP contribution in [0.5, 0.6) is 5.75 Å². The van der Waals surface area contributed by atoms with Crippen LogP contribution in [0.2, 0.25) is 0 Å². The van der Waals surface area contributed by atoms with Crippen molar-refractivity contribution in [2.75, 3.05) is 20.2 Å². The second kappa shape index (κ2) is 5.62. The normalized spacial score (nSPS) is 10.4. The number of ether oxygens (including phenoxy) is 1. The maximum absolute atomic E-state index is 8.77. The Morgan fingerprint density at radius 3 is 3.18 bits per heavy atom. The number of thiazole rings is 1. The van der Waals surface area contributed by atoms with Crippen molar-refractivity contribution in [3.8, 4) is 11.8 Å². The lowest BCUT2D eigenvalue weighted by atomic mass is 10.3. The van der Waals surface area contributed by atoms with Crippen molar-refractivity contribution in [3.05, 3.63) is 23.2 Å². The average Bonchev–Trinajstić information content (AvgIpc) is 2.77. The summed E-state index contributed by atoms with van der Waals surface area (Å²) in [4.78, 5) is 4.18. The summed E-state index contributed by atoms with van der Waals surface area (Å²) < 4.78 is 6.64. The Balaban J connectivity index is 2.06. The van der Waals surface area contributed by atoms with E-state index in [0.717, 1.165) is 35.5 Å². The molecule has 0 fully saturated rings. The number of hydrogen-bond donors (Lipinski definition) is 1. The van der Waals surface area contributed by atoms with E-state index in [1.54, 1.807) is 0 Å². The standard InChI is InChI=1S/C12H13N3OS/c1-14-5-2-6-16-9-3-4-10-11(7-9)17-12(8-13)15-10/h3-4,7,14H,2,5-6H2,1H3/p+1. The molecular weight excluding hydrogens is 234 g/mol. The summed E-state index contributed by atoms with van der Waals surface area (Å²) in [7, 11) is 2.05. The first-order valence-electron chi connectivity index (χ1n) is 5.55. The third-order valence-electron chi connectivity index (χ3n) is 2.36. The minimum absolute atomic E-state index is 0.498. The fourth-order valence-corrected chi connectivity index (χ4v) is 2.31. The molecular formula is C12H14N3OS+. The molecule has 0 radical (unpaired) electrons. The van der Waals surface area contributed by atoms with Crippen LogP contribution in [0.25, 0.3) is 10.2 Å². The Bertz CT molecular complexity index is 544. The van der Waals surface area contributed by atoms with E-state index in [9.17, 15) is 0 Å². The average molecular weight is 248 g/mol. The highest BCUT2D eigenvalue weighted by molar-refractivity contribution is 7.19. The van der Waals surface area contributed by atoms with Gasteiger partial charge in [-0.1, -0.05) is 0 Å². The molecule has 2 aromatic rings. The smallest absolute Gasteiger partial charge is 0.195 e. The number of benzene rings is 1. The molecule has 1 aromatic heterocycles. The second-order valence-corrected chi connectivity index (χ2v) is 4.69. The molecule has 0 spiro atoms. The van der Waals surface area contributed by atoms with E-state index in [1.165, 1.54) is 11.3 Å². The first-order valence-corrected chi connectivity index (χ1v) is 6.36. The fourth-order valence-electron chi connectivity index (χ4n) is 1.52. The van der Waals surface area contributed by atoms with Crippen molar-refractivity contribution in [3.63, 3.8) is 0 Å². The summed E-state index contributed by atoms with van der Waals surface area (Å²) in [5, 5.41) is 11.4. The Kier molecular flexibility index (Phi) is 3.91. The molecule has 0 aliphatic heterocycles. The van der Waals surface area contributed by atoms with Crippen LogP contribution in [-0.4, -0.2) is 25.2 Å². The van der Waals surface area contributed by atoms with E-state index < -0.39 is 0 Å². The van der Waals surface area contributed by atoms with Gasteiger partial charge in [0.2, 0.25) is 0 Å². The van der Waals surface area contributed by atoms with Crippen LogP contribution in [-0.2, 0) is 0 Å². The predicted molar refractivity (Wildman–Crippen MR) is 67.2 cm³/mol. The van der Waals surface area contributed by atoms with Gasteiger partial charge in [0, 0.05) is 6.42 Å². The molecule has 1 aromatic carbocycles. The van der Waals surface area contributed by atoms with Gasteiger partial charge in [0.15, 0.2) is 5.01 Å². The lowest BCUT2D eigenvalue weighted by Crippen LogP contribution is -2.79. The van der Waals surface area contributed by atoms with Gasteiger partial charge >= 0.3 is 0 Å². The molecule has 5 heteroatoms. The molecule has 0 saturated heterocycles. The Morgan fingerprint density at radius 1 is 1.53 bits per heavy atom. The number of nitrogens with two attached hydrogens (primary N) is 1. The molecule has 0 aliphatic rings. The zero-order valence-electron chi connectivity index (χ0n) is 9.64. The number of fused-ring (bicyclic) bond motifs is 1. The van der Waals surface area contributed by atoms with E-state index >= 15 is 0 Å². The summed E-state index contributed by atoms with van der Waals surface area (Å²) >= 11 is 1.40. The van der Waals surface area contributed by atoms with E-state index in [-0.39, 0.29) is 0 Å². The van der Waals surface area contributed by atoms with Gasteiger partial charge in [-0.15, -0.1) is 11.3 Å². The number of nitrogens with zero attached hydrogens (tertiary/aromatic N) is 2. The first-order chi connectivity index (χ1) is 8.33. The lowest BCUT2D eigenvalue weighted by molar-refractivity contribution is -0.627. The van der Waals surface area contributed by atoms with Gasteiger partial charge in [0.1, 0.15) is 11.8 Å². The van der Waals surface area contributed by atoms with Gasteiger partial charge in [-0.25, -0.2) is 4.98 Å². The zero-order chi connectivity index (χ0) is 12.1. The maximum Gasteiger partial charge on any atom is 0.195 e. The van der Waals surface area contributed by atoms with E-state index in [1.807, 2.05) is 25.2 Å². The summed E-state index contributed by atoms with van der Waals surface area (Å²) in [6, 6.07) is 7.80. The highest BCUT2D eigenvalue weighted by atomic mass is 32.1. The van der Waals surface area contributed by atoms with Crippen LogP contribution in [0.15, 0.2) is 18.2 Å². The molecule has 0 amide bonds. The Morgan fingerprint density at radius 2 is 2.41 bits per heavy atom. The lowest BCUT2D eigenvalue weighted by Gasteiger charge is -2.04. The highest BCUT2D eigenvalue weighted by Gasteiger charge is 2.04. The largest absolute Gasteiger partial charge is 0.493 e. The van der Waals surface area contributed by atoms with E-state index in [0.29, 0.717) is 5.01 Å². The van der Waals surface area contributed by atoms with Crippen molar-refractivity contribution >= 4 is 21.6 Å². The van der Waals surface area contributed by atoms with Crippen molar-refractivity contribution < 1.29 is 10.1 Å². The molecule has 2 rings (SSSR count). The van der Waals surface area contributed by atoms with Crippen LogP contribution in [0.4, 0.5) is 0 Å². The minimum Gasteiger partial charge on any atom is -0.493 e. The first kappa shape index (κ1) is 11.8. The van der Waals surface area contributed by atoms with Gasteiger partial charge in [-0.3, -0.25) is 0 Å². The topological polar surface area (TPSA) is 62.5 Å². The number of nitriles is 1. The van der Waals surface area contributed by atoms with Gasteiger partial charge < -0.3 is 10.1 Å². The minimum atomic E-state index is 0.498. The fraction of sp³-hybridized carbons (Fsp3) is 0.333. The quantitative estimate of drug-likeness (QED) is 0.807. The maximum atomic E-state index is 8.77. The summed E-state index contributed by atoms with van der Waals surface area (Å²) in [5.41, 5.74) is 0.862. The second-order valence-electron chi connectivity index (χ2n) is 3.66. The van der Waals surface area contributed by atoms with Crippen LogP contribution in [0.3, 0.4) is 0 Å². The molecule has 0 atom stereocenters. The monoisotopic (exact) mass is 248 g/mol. The molecule has 2 N–H and O–H groups in total. The molecule has 0 aliphatic carbocycles. The van der Waals surface area contributed by atoms with Crippen molar-refractivity contribution in [1.29, 1.82) is 5.26 Å². The number of rotatable bonds is 5. The molecule has 1 heterocycles. The van der Waals surface area contributed by atoms with Crippen molar-refractivity contribution in [1.82, 2.24) is 4.98 Å². The van der Waals surface area contributed by atoms with Gasteiger partial charge in [0.25, 0.3) is 0 Å². The molecule has 17 heavy (non-hydrogen) atoms. The van der Waals surface area contributed by atoms with Crippen LogP contribution < -0.4 is 10.1 Å². The van der Waals surface area contributed by atoms with Gasteiger partial charge in [-0.05, 0) is 18.2 Å². The van der Waals surface area contributed by atoms with E-state index in [2.05, 4.69) is 16.4 Å². The van der Waals surface area contributed by atoms with Crippen molar-refractivity contribution in [2.24, 2.45) is 0 Å². The SMILES string of the molecule is C[NH2+]CCCOc1ccc2nc(C#N)sc2c1. The van der Waals surface area contributed by atoms with Crippen LogP contribution in [0, 0.1) is 11.3 Å². The molecule has 0 saturated carbocycles. The van der Waals surface area contributed by atoms with Crippen LogP contribution >= 0.6 is 11.3 Å². The molecule has 88 valence electrons. The third-order valence-corrected chi connectivity index (χ3v) is 3.28. The zero-order valence-corrected chi connectivity index (χ0v) is 10.5. The number of aromatic nitrogens is 1. The summed E-state index contributed by atoms with van der Waals surface area (Å²) in [5.74, 6) is 0.849. The van der Waals surface area contributed by atoms with Gasteiger partial charge in [-0.2, -0.15) is 5.26 Å².